The normalized spacial score (nSPS) is 14.8. The fourth-order valence-corrected chi connectivity index (χ4v) is 2.28. The Morgan fingerprint density at radius 3 is 2.80 bits per heavy atom. The van der Waals surface area contributed by atoms with E-state index in [1.54, 1.807) is 0 Å². The molecule has 20 heavy (non-hydrogen) atoms. The summed E-state index contributed by atoms with van der Waals surface area (Å²) in [4.78, 5) is 10.9. The van der Waals surface area contributed by atoms with Crippen LogP contribution in [0.2, 0.25) is 0 Å². The molecule has 2 N–H and O–H groups in total. The zero-order valence-electron chi connectivity index (χ0n) is 11.7. The number of hydrogen-bond donors (Lipinski definition) is 2. The van der Waals surface area contributed by atoms with Crippen molar-refractivity contribution in [1.29, 1.82) is 0 Å². The number of fused-ring (bicyclic) bond motifs is 1. The van der Waals surface area contributed by atoms with Gasteiger partial charge in [-0.05, 0) is 37.1 Å². The van der Waals surface area contributed by atoms with Crippen molar-refractivity contribution >= 4 is 5.97 Å². The Morgan fingerprint density at radius 1 is 1.35 bits per heavy atom. The molecule has 1 aromatic carbocycles. The van der Waals surface area contributed by atoms with Gasteiger partial charge in [-0.3, -0.25) is 4.79 Å². The van der Waals surface area contributed by atoms with Crippen molar-refractivity contribution in [3.05, 3.63) is 23.8 Å². The van der Waals surface area contributed by atoms with Crippen molar-refractivity contribution in [2.75, 3.05) is 19.8 Å². The van der Waals surface area contributed by atoms with Gasteiger partial charge in [-0.15, -0.1) is 0 Å². The zero-order chi connectivity index (χ0) is 14.4. The largest absolute Gasteiger partial charge is 0.486 e. The van der Waals surface area contributed by atoms with E-state index in [9.17, 15) is 4.79 Å². The van der Waals surface area contributed by atoms with Gasteiger partial charge in [0, 0.05) is 6.04 Å². The fourth-order valence-electron chi connectivity index (χ4n) is 2.28. The Kier molecular flexibility index (Phi) is 5.24. The molecule has 1 aliphatic heterocycles. The van der Waals surface area contributed by atoms with Crippen LogP contribution in [0.1, 0.15) is 25.3 Å². The average molecular weight is 279 g/mol. The van der Waals surface area contributed by atoms with Crippen LogP contribution >= 0.6 is 0 Å². The molecule has 1 atom stereocenters. The third-order valence-electron chi connectivity index (χ3n) is 3.19. The SMILES string of the molecule is CCCNC(CC(=O)O)Cc1ccc2c(c1)OCCO2. The van der Waals surface area contributed by atoms with E-state index in [0.29, 0.717) is 19.6 Å². The van der Waals surface area contributed by atoms with Crippen LogP contribution in [0, 0.1) is 0 Å². The summed E-state index contributed by atoms with van der Waals surface area (Å²) in [5.41, 5.74) is 1.06. The van der Waals surface area contributed by atoms with Gasteiger partial charge in [-0.2, -0.15) is 0 Å². The topological polar surface area (TPSA) is 67.8 Å². The van der Waals surface area contributed by atoms with Gasteiger partial charge in [0.1, 0.15) is 13.2 Å². The van der Waals surface area contributed by atoms with Crippen molar-refractivity contribution in [3.63, 3.8) is 0 Å². The minimum absolute atomic E-state index is 0.0602. The number of benzene rings is 1. The standard InChI is InChI=1S/C15H21NO4/c1-2-5-16-12(10-15(17)18)8-11-3-4-13-14(9-11)20-7-6-19-13/h3-4,9,12,16H,2,5-8,10H2,1H3,(H,17,18). The lowest BCUT2D eigenvalue weighted by molar-refractivity contribution is -0.137. The lowest BCUT2D eigenvalue weighted by Crippen LogP contribution is -2.34. The molecule has 0 saturated heterocycles. The van der Waals surface area contributed by atoms with Gasteiger partial charge in [0.2, 0.25) is 0 Å². The van der Waals surface area contributed by atoms with Gasteiger partial charge in [0.05, 0.1) is 6.42 Å². The summed E-state index contributed by atoms with van der Waals surface area (Å²) < 4.78 is 11.0. The summed E-state index contributed by atoms with van der Waals surface area (Å²) in [6.07, 6.45) is 1.77. The molecule has 2 rings (SSSR count). The van der Waals surface area contributed by atoms with E-state index in [2.05, 4.69) is 12.2 Å². The number of hydrogen-bond acceptors (Lipinski definition) is 4. The smallest absolute Gasteiger partial charge is 0.304 e. The van der Waals surface area contributed by atoms with Crippen LogP contribution in [-0.2, 0) is 11.2 Å². The minimum atomic E-state index is -0.781. The van der Waals surface area contributed by atoms with E-state index >= 15 is 0 Å². The van der Waals surface area contributed by atoms with Crippen LogP contribution in [-0.4, -0.2) is 36.9 Å². The molecule has 0 fully saturated rings. The summed E-state index contributed by atoms with van der Waals surface area (Å²) in [6.45, 7) is 4.02. The van der Waals surface area contributed by atoms with Crippen molar-refractivity contribution in [3.8, 4) is 11.5 Å². The number of carbonyl (C=O) groups is 1. The van der Waals surface area contributed by atoms with Crippen LogP contribution in [0.4, 0.5) is 0 Å². The van der Waals surface area contributed by atoms with E-state index in [0.717, 1.165) is 30.0 Å². The molecule has 5 nitrogen and oxygen atoms in total. The third kappa shape index (κ3) is 4.13. The highest BCUT2D eigenvalue weighted by Gasteiger charge is 2.16. The van der Waals surface area contributed by atoms with Crippen LogP contribution in [0.3, 0.4) is 0 Å². The number of nitrogens with one attached hydrogen (secondary N) is 1. The second kappa shape index (κ2) is 7.14. The van der Waals surface area contributed by atoms with Crippen LogP contribution in [0.25, 0.3) is 0 Å². The maximum Gasteiger partial charge on any atom is 0.304 e. The van der Waals surface area contributed by atoms with E-state index in [1.165, 1.54) is 0 Å². The van der Waals surface area contributed by atoms with Crippen LogP contribution in [0.15, 0.2) is 18.2 Å². The minimum Gasteiger partial charge on any atom is -0.486 e. The molecule has 0 aromatic heterocycles. The Balaban J connectivity index is 2.03. The second-order valence-electron chi connectivity index (χ2n) is 4.93. The summed E-state index contributed by atoms with van der Waals surface area (Å²) in [5.74, 6) is 0.728. The van der Waals surface area contributed by atoms with Crippen molar-refractivity contribution in [2.45, 2.75) is 32.2 Å². The lowest BCUT2D eigenvalue weighted by atomic mass is 10.0. The van der Waals surface area contributed by atoms with Gasteiger partial charge in [-0.1, -0.05) is 13.0 Å². The molecule has 0 bridgehead atoms. The van der Waals surface area contributed by atoms with E-state index in [1.807, 2.05) is 18.2 Å². The molecule has 5 heteroatoms. The molecule has 0 saturated carbocycles. The molecule has 110 valence electrons. The molecule has 1 unspecified atom stereocenters. The van der Waals surface area contributed by atoms with Gasteiger partial charge >= 0.3 is 5.97 Å². The molecule has 1 heterocycles. The predicted molar refractivity (Wildman–Crippen MR) is 75.5 cm³/mol. The highest BCUT2D eigenvalue weighted by atomic mass is 16.6. The molecule has 1 aliphatic rings. The number of ether oxygens (including phenoxy) is 2. The number of carboxylic acids is 1. The maximum atomic E-state index is 10.9. The van der Waals surface area contributed by atoms with Gasteiger partial charge in [-0.25, -0.2) is 0 Å². The summed E-state index contributed by atoms with van der Waals surface area (Å²) in [6, 6.07) is 5.74. The number of carboxylic acid groups (broad SMARTS) is 1. The van der Waals surface area contributed by atoms with Gasteiger partial charge in [0.15, 0.2) is 11.5 Å². The summed E-state index contributed by atoms with van der Waals surface area (Å²) in [5, 5.41) is 12.2. The first-order valence-corrected chi connectivity index (χ1v) is 7.02. The first kappa shape index (κ1) is 14.7. The van der Waals surface area contributed by atoms with E-state index in [4.69, 9.17) is 14.6 Å². The molecular weight excluding hydrogens is 258 g/mol. The predicted octanol–water partition coefficient (Wildman–Crippen LogP) is 1.84. The maximum absolute atomic E-state index is 10.9. The Bertz CT molecular complexity index is 461. The molecule has 0 amide bonds. The van der Waals surface area contributed by atoms with Gasteiger partial charge < -0.3 is 19.9 Å². The Labute approximate surface area is 118 Å². The van der Waals surface area contributed by atoms with Crippen molar-refractivity contribution < 1.29 is 19.4 Å². The first-order valence-electron chi connectivity index (χ1n) is 7.02. The van der Waals surface area contributed by atoms with E-state index in [-0.39, 0.29) is 12.5 Å². The molecule has 0 radical (unpaired) electrons. The van der Waals surface area contributed by atoms with Gasteiger partial charge in [0.25, 0.3) is 0 Å². The van der Waals surface area contributed by atoms with Crippen LogP contribution in [0.5, 0.6) is 11.5 Å². The Morgan fingerprint density at radius 2 is 2.10 bits per heavy atom. The quantitative estimate of drug-likeness (QED) is 0.797. The molecule has 0 spiro atoms. The fraction of sp³-hybridized carbons (Fsp3) is 0.533. The Hall–Kier alpha value is -1.75. The second-order valence-corrected chi connectivity index (χ2v) is 4.93. The first-order chi connectivity index (χ1) is 9.69. The van der Waals surface area contributed by atoms with Crippen molar-refractivity contribution in [2.24, 2.45) is 0 Å². The highest BCUT2D eigenvalue weighted by Crippen LogP contribution is 2.31. The third-order valence-corrected chi connectivity index (χ3v) is 3.19. The van der Waals surface area contributed by atoms with E-state index < -0.39 is 5.97 Å². The van der Waals surface area contributed by atoms with Crippen LogP contribution < -0.4 is 14.8 Å². The zero-order valence-corrected chi connectivity index (χ0v) is 11.7. The summed E-state index contributed by atoms with van der Waals surface area (Å²) in [7, 11) is 0. The molecular formula is C15H21NO4. The average Bonchev–Trinajstić information content (AvgIpc) is 2.44. The molecule has 0 aliphatic carbocycles. The number of aliphatic carboxylic acids is 1. The van der Waals surface area contributed by atoms with Crippen molar-refractivity contribution in [1.82, 2.24) is 5.32 Å². The lowest BCUT2D eigenvalue weighted by Gasteiger charge is -2.21. The highest BCUT2D eigenvalue weighted by molar-refractivity contribution is 5.67. The summed E-state index contributed by atoms with van der Waals surface area (Å²) >= 11 is 0. The number of rotatable bonds is 7. The molecule has 1 aromatic rings. The monoisotopic (exact) mass is 279 g/mol.